The first kappa shape index (κ1) is 20.1. The molecule has 0 saturated carbocycles. The maximum Gasteiger partial charge on any atom is 0.0745 e. The molecule has 1 atom stereocenters. The van der Waals surface area contributed by atoms with Crippen molar-refractivity contribution in [1.82, 2.24) is 5.32 Å². The second-order valence-corrected chi connectivity index (χ2v) is 4.18. The highest BCUT2D eigenvalue weighted by Gasteiger charge is 1.94. The molecule has 0 aromatic carbocycles. The molecule has 112 valence electrons. The molecular formula is C13H31NO4. The van der Waals surface area contributed by atoms with Gasteiger partial charge in [0.25, 0.3) is 0 Å². The van der Waals surface area contributed by atoms with Crippen LogP contribution < -0.4 is 5.32 Å². The zero-order valence-electron chi connectivity index (χ0n) is 11.9. The summed E-state index contributed by atoms with van der Waals surface area (Å²) in [5.41, 5.74) is 0. The standard InChI is InChI=1S/C9H20O2.C4H11NO2/c1-3-4-5-6-7-11-8-9(2)10;6-3-1-5-2-4-7/h9-10H,3-8H2,1-2H3;5-7H,1-4H2. The molecule has 0 aromatic rings. The van der Waals surface area contributed by atoms with E-state index in [1.54, 1.807) is 6.92 Å². The third-order valence-corrected chi connectivity index (χ3v) is 2.08. The van der Waals surface area contributed by atoms with Crippen molar-refractivity contribution in [3.63, 3.8) is 0 Å². The van der Waals surface area contributed by atoms with Crippen LogP contribution in [0.2, 0.25) is 0 Å². The summed E-state index contributed by atoms with van der Waals surface area (Å²) in [4.78, 5) is 0. The lowest BCUT2D eigenvalue weighted by atomic mass is 10.2. The lowest BCUT2D eigenvalue weighted by Gasteiger charge is -2.05. The number of unbranched alkanes of at least 4 members (excludes halogenated alkanes) is 3. The molecule has 0 amide bonds. The number of rotatable bonds is 11. The molecule has 5 nitrogen and oxygen atoms in total. The van der Waals surface area contributed by atoms with Gasteiger partial charge in [-0.1, -0.05) is 26.2 Å². The van der Waals surface area contributed by atoms with E-state index in [4.69, 9.17) is 20.1 Å². The van der Waals surface area contributed by atoms with Crippen molar-refractivity contribution in [2.45, 2.75) is 45.6 Å². The molecule has 0 spiro atoms. The summed E-state index contributed by atoms with van der Waals surface area (Å²) in [7, 11) is 0. The smallest absolute Gasteiger partial charge is 0.0745 e. The van der Waals surface area contributed by atoms with Crippen molar-refractivity contribution in [2.75, 3.05) is 39.5 Å². The average Bonchev–Trinajstić information content (AvgIpc) is 2.35. The largest absolute Gasteiger partial charge is 0.395 e. The van der Waals surface area contributed by atoms with Crippen LogP contribution in [-0.2, 0) is 4.74 Å². The van der Waals surface area contributed by atoms with Crippen LogP contribution >= 0.6 is 0 Å². The molecule has 0 radical (unpaired) electrons. The maximum absolute atomic E-state index is 8.83. The lowest BCUT2D eigenvalue weighted by Crippen LogP contribution is -2.21. The summed E-state index contributed by atoms with van der Waals surface area (Å²) in [6.07, 6.45) is 4.60. The van der Waals surface area contributed by atoms with Crippen LogP contribution in [0.1, 0.15) is 39.5 Å². The van der Waals surface area contributed by atoms with Crippen LogP contribution in [0.5, 0.6) is 0 Å². The molecule has 0 aromatic heterocycles. The number of hydrogen-bond acceptors (Lipinski definition) is 5. The van der Waals surface area contributed by atoms with E-state index in [0.29, 0.717) is 19.7 Å². The van der Waals surface area contributed by atoms with Crippen molar-refractivity contribution < 1.29 is 20.1 Å². The fraction of sp³-hybridized carbons (Fsp3) is 1.00. The Morgan fingerprint density at radius 2 is 1.67 bits per heavy atom. The third-order valence-electron chi connectivity index (χ3n) is 2.08. The van der Waals surface area contributed by atoms with Gasteiger partial charge in [-0.05, 0) is 13.3 Å². The van der Waals surface area contributed by atoms with E-state index in [1.807, 2.05) is 0 Å². The van der Waals surface area contributed by atoms with Crippen molar-refractivity contribution >= 4 is 0 Å². The van der Waals surface area contributed by atoms with Gasteiger partial charge in [0.05, 0.1) is 25.9 Å². The summed E-state index contributed by atoms with van der Waals surface area (Å²) in [5.74, 6) is 0. The van der Waals surface area contributed by atoms with Gasteiger partial charge in [-0.2, -0.15) is 0 Å². The van der Waals surface area contributed by atoms with Gasteiger partial charge < -0.3 is 25.4 Å². The van der Waals surface area contributed by atoms with Gasteiger partial charge in [0.15, 0.2) is 0 Å². The highest BCUT2D eigenvalue weighted by Crippen LogP contribution is 1.98. The normalized spacial score (nSPS) is 11.8. The minimum atomic E-state index is -0.318. The highest BCUT2D eigenvalue weighted by atomic mass is 16.5. The van der Waals surface area contributed by atoms with E-state index >= 15 is 0 Å². The molecule has 0 aliphatic carbocycles. The van der Waals surface area contributed by atoms with Crippen LogP contribution in [0, 0.1) is 0 Å². The van der Waals surface area contributed by atoms with E-state index in [0.717, 1.165) is 13.0 Å². The van der Waals surface area contributed by atoms with Gasteiger partial charge in [0, 0.05) is 19.7 Å². The Labute approximate surface area is 111 Å². The lowest BCUT2D eigenvalue weighted by molar-refractivity contribution is 0.0445. The van der Waals surface area contributed by atoms with Gasteiger partial charge in [-0.3, -0.25) is 0 Å². The minimum Gasteiger partial charge on any atom is -0.395 e. The van der Waals surface area contributed by atoms with Crippen molar-refractivity contribution in [1.29, 1.82) is 0 Å². The fourth-order valence-electron chi connectivity index (χ4n) is 1.17. The average molecular weight is 265 g/mol. The third kappa shape index (κ3) is 24.9. The molecule has 5 heteroatoms. The van der Waals surface area contributed by atoms with Crippen LogP contribution in [0.4, 0.5) is 0 Å². The Morgan fingerprint density at radius 3 is 2.11 bits per heavy atom. The molecule has 0 aliphatic rings. The molecule has 4 N–H and O–H groups in total. The van der Waals surface area contributed by atoms with Crippen molar-refractivity contribution in [3.8, 4) is 0 Å². The molecule has 0 rings (SSSR count). The quantitative estimate of drug-likeness (QED) is 0.410. The molecule has 0 aliphatic heterocycles. The van der Waals surface area contributed by atoms with Crippen molar-refractivity contribution in [2.24, 2.45) is 0 Å². The first-order chi connectivity index (χ1) is 8.68. The number of ether oxygens (including phenoxy) is 1. The predicted octanol–water partition coefficient (Wildman–Crippen LogP) is 0.525. The van der Waals surface area contributed by atoms with Crippen LogP contribution in [0.15, 0.2) is 0 Å². The molecule has 1 unspecified atom stereocenters. The number of aliphatic hydroxyl groups is 3. The molecule has 0 heterocycles. The topological polar surface area (TPSA) is 82.0 Å². The second-order valence-electron chi connectivity index (χ2n) is 4.18. The Morgan fingerprint density at radius 1 is 1.06 bits per heavy atom. The van der Waals surface area contributed by atoms with Gasteiger partial charge in [0.2, 0.25) is 0 Å². The van der Waals surface area contributed by atoms with Gasteiger partial charge >= 0.3 is 0 Å². The molecule has 0 fully saturated rings. The SMILES string of the molecule is CCCCCCOCC(C)O.OCCNCCO. The van der Waals surface area contributed by atoms with E-state index in [1.165, 1.54) is 19.3 Å². The van der Waals surface area contributed by atoms with Gasteiger partial charge in [-0.25, -0.2) is 0 Å². The zero-order chi connectivity index (χ0) is 14.1. The number of hydrogen-bond donors (Lipinski definition) is 4. The molecule has 0 saturated heterocycles. The minimum absolute atomic E-state index is 0.139. The van der Waals surface area contributed by atoms with Gasteiger partial charge in [-0.15, -0.1) is 0 Å². The number of nitrogens with one attached hydrogen (secondary N) is 1. The van der Waals surface area contributed by atoms with E-state index in [-0.39, 0.29) is 19.3 Å². The first-order valence-corrected chi connectivity index (χ1v) is 6.87. The summed E-state index contributed by atoms with van der Waals surface area (Å²) in [6, 6.07) is 0. The van der Waals surface area contributed by atoms with E-state index < -0.39 is 0 Å². The zero-order valence-corrected chi connectivity index (χ0v) is 11.9. The summed E-state index contributed by atoms with van der Waals surface area (Å²) < 4.78 is 5.19. The number of aliphatic hydroxyl groups excluding tert-OH is 3. The maximum atomic E-state index is 8.83. The predicted molar refractivity (Wildman–Crippen MR) is 73.7 cm³/mol. The first-order valence-electron chi connectivity index (χ1n) is 6.87. The van der Waals surface area contributed by atoms with Crippen LogP contribution in [0.3, 0.4) is 0 Å². The molecular weight excluding hydrogens is 234 g/mol. The van der Waals surface area contributed by atoms with E-state index in [2.05, 4.69) is 12.2 Å². The summed E-state index contributed by atoms with van der Waals surface area (Å²) in [5, 5.41) is 27.9. The highest BCUT2D eigenvalue weighted by molar-refractivity contribution is 4.43. The van der Waals surface area contributed by atoms with E-state index in [9.17, 15) is 0 Å². The van der Waals surface area contributed by atoms with Crippen molar-refractivity contribution in [3.05, 3.63) is 0 Å². The van der Waals surface area contributed by atoms with Crippen LogP contribution in [-0.4, -0.2) is 60.9 Å². The Balaban J connectivity index is 0. The van der Waals surface area contributed by atoms with Crippen LogP contribution in [0.25, 0.3) is 0 Å². The Kier molecular flexibility index (Phi) is 21.4. The fourth-order valence-corrected chi connectivity index (χ4v) is 1.17. The summed E-state index contributed by atoms with van der Waals surface area (Å²) in [6.45, 7) is 6.63. The second kappa shape index (κ2) is 19.1. The van der Waals surface area contributed by atoms with Gasteiger partial charge in [0.1, 0.15) is 0 Å². The summed E-state index contributed by atoms with van der Waals surface area (Å²) >= 11 is 0. The molecule has 0 bridgehead atoms. The monoisotopic (exact) mass is 265 g/mol. The Bertz CT molecular complexity index is 130. The Hall–Kier alpha value is -0.200. The molecule has 18 heavy (non-hydrogen) atoms.